The van der Waals surface area contributed by atoms with Crippen LogP contribution in [0.3, 0.4) is 0 Å². The number of urea groups is 1. The van der Waals surface area contributed by atoms with Gasteiger partial charge in [-0.2, -0.15) is 0 Å². The molecule has 1 aliphatic rings. The highest BCUT2D eigenvalue weighted by Gasteiger charge is 2.25. The van der Waals surface area contributed by atoms with Crippen LogP contribution in [-0.4, -0.2) is 34.9 Å². The molecule has 6 heteroatoms. The molecule has 0 spiro atoms. The van der Waals surface area contributed by atoms with Gasteiger partial charge in [0.15, 0.2) is 0 Å². The van der Waals surface area contributed by atoms with E-state index in [1.54, 1.807) is 29.4 Å². The number of nitrogens with zero attached hydrogens (tertiary/aromatic N) is 2. The summed E-state index contributed by atoms with van der Waals surface area (Å²) in [5.74, 6) is -0.380. The quantitative estimate of drug-likeness (QED) is 0.811. The first-order valence-corrected chi connectivity index (χ1v) is 5.92. The Morgan fingerprint density at radius 1 is 1.39 bits per heavy atom. The van der Waals surface area contributed by atoms with Crippen molar-refractivity contribution < 1.29 is 9.59 Å². The number of carbonyl (C=O) groups excluding carboxylic acids is 2. The smallest absolute Gasteiger partial charge is 0.321 e. The fraction of sp³-hybridized carbons (Fsp3) is 0.417. The number of likely N-dealkylation sites (tertiary alicyclic amines) is 1. The van der Waals surface area contributed by atoms with Crippen LogP contribution in [0.15, 0.2) is 24.5 Å². The number of pyridine rings is 1. The maximum absolute atomic E-state index is 11.9. The Labute approximate surface area is 105 Å². The maximum Gasteiger partial charge on any atom is 0.321 e. The molecule has 18 heavy (non-hydrogen) atoms. The van der Waals surface area contributed by atoms with Crippen LogP contribution in [0.5, 0.6) is 0 Å². The number of hydrogen-bond acceptors (Lipinski definition) is 3. The molecule has 0 unspecified atom stereocenters. The lowest BCUT2D eigenvalue weighted by Crippen LogP contribution is -2.43. The van der Waals surface area contributed by atoms with E-state index in [9.17, 15) is 9.59 Å². The number of hydrogen-bond donors (Lipinski definition) is 2. The summed E-state index contributed by atoms with van der Waals surface area (Å²) in [5.41, 5.74) is 5.91. The lowest BCUT2D eigenvalue weighted by molar-refractivity contribution is -0.122. The summed E-state index contributed by atoms with van der Waals surface area (Å²) in [6, 6.07) is 3.38. The third kappa shape index (κ3) is 2.97. The third-order valence-electron chi connectivity index (χ3n) is 3.10. The van der Waals surface area contributed by atoms with E-state index in [-0.39, 0.29) is 17.9 Å². The lowest BCUT2D eigenvalue weighted by atomic mass is 9.96. The van der Waals surface area contributed by atoms with Gasteiger partial charge in [-0.15, -0.1) is 0 Å². The van der Waals surface area contributed by atoms with Gasteiger partial charge in [-0.3, -0.25) is 9.78 Å². The van der Waals surface area contributed by atoms with E-state index in [0.29, 0.717) is 31.6 Å². The van der Waals surface area contributed by atoms with E-state index < -0.39 is 0 Å². The summed E-state index contributed by atoms with van der Waals surface area (Å²) < 4.78 is 0. The third-order valence-corrected chi connectivity index (χ3v) is 3.10. The van der Waals surface area contributed by atoms with Crippen LogP contribution in [0.4, 0.5) is 10.5 Å². The number of piperidine rings is 1. The minimum atomic E-state index is -0.276. The summed E-state index contributed by atoms with van der Waals surface area (Å²) in [4.78, 5) is 28.5. The van der Waals surface area contributed by atoms with Crippen LogP contribution in [0.2, 0.25) is 0 Å². The molecule has 0 aliphatic carbocycles. The molecule has 1 aromatic heterocycles. The molecule has 1 saturated heterocycles. The zero-order valence-electron chi connectivity index (χ0n) is 10.0. The van der Waals surface area contributed by atoms with Gasteiger partial charge in [0, 0.05) is 25.2 Å². The van der Waals surface area contributed by atoms with Crippen LogP contribution in [-0.2, 0) is 4.79 Å². The first-order valence-electron chi connectivity index (χ1n) is 5.92. The van der Waals surface area contributed by atoms with Crippen molar-refractivity contribution in [3.05, 3.63) is 24.5 Å². The zero-order valence-corrected chi connectivity index (χ0v) is 10.0. The number of rotatable bonds is 2. The second kappa shape index (κ2) is 5.48. The average Bonchev–Trinajstić information content (AvgIpc) is 2.40. The minimum Gasteiger partial charge on any atom is -0.369 e. The average molecular weight is 248 g/mol. The topological polar surface area (TPSA) is 88.3 Å². The Morgan fingerprint density at radius 2 is 2.11 bits per heavy atom. The first-order chi connectivity index (χ1) is 8.66. The summed E-state index contributed by atoms with van der Waals surface area (Å²) in [7, 11) is 0. The number of primary amides is 1. The highest BCUT2D eigenvalue weighted by molar-refractivity contribution is 5.89. The van der Waals surface area contributed by atoms with E-state index in [4.69, 9.17) is 5.73 Å². The Balaban J connectivity index is 1.86. The first kappa shape index (κ1) is 12.3. The van der Waals surface area contributed by atoms with Gasteiger partial charge in [0.1, 0.15) is 0 Å². The van der Waals surface area contributed by atoms with E-state index in [2.05, 4.69) is 10.3 Å². The van der Waals surface area contributed by atoms with Crippen molar-refractivity contribution in [2.24, 2.45) is 11.7 Å². The predicted molar refractivity (Wildman–Crippen MR) is 66.7 cm³/mol. The zero-order chi connectivity index (χ0) is 13.0. The predicted octanol–water partition coefficient (Wildman–Crippen LogP) is 0.811. The van der Waals surface area contributed by atoms with Crippen molar-refractivity contribution in [2.45, 2.75) is 12.8 Å². The van der Waals surface area contributed by atoms with Gasteiger partial charge in [-0.1, -0.05) is 0 Å². The Bertz CT molecular complexity index is 427. The minimum absolute atomic E-state index is 0.104. The van der Waals surface area contributed by atoms with E-state index >= 15 is 0 Å². The van der Waals surface area contributed by atoms with E-state index in [1.807, 2.05) is 0 Å². The summed E-state index contributed by atoms with van der Waals surface area (Å²) in [5, 5.41) is 2.76. The van der Waals surface area contributed by atoms with Gasteiger partial charge in [-0.25, -0.2) is 4.79 Å². The van der Waals surface area contributed by atoms with Crippen molar-refractivity contribution in [1.29, 1.82) is 0 Å². The molecule has 3 N–H and O–H groups in total. The molecular formula is C12H16N4O2. The molecule has 2 heterocycles. The number of aromatic nitrogens is 1. The molecule has 2 rings (SSSR count). The molecule has 0 saturated carbocycles. The van der Waals surface area contributed by atoms with Crippen molar-refractivity contribution in [1.82, 2.24) is 9.88 Å². The highest BCUT2D eigenvalue weighted by Crippen LogP contribution is 2.17. The van der Waals surface area contributed by atoms with Crippen molar-refractivity contribution in [2.75, 3.05) is 18.4 Å². The van der Waals surface area contributed by atoms with Crippen LogP contribution < -0.4 is 11.1 Å². The number of nitrogens with one attached hydrogen (secondary N) is 1. The van der Waals surface area contributed by atoms with E-state index in [1.165, 1.54) is 0 Å². The molecule has 96 valence electrons. The molecule has 0 radical (unpaired) electrons. The number of nitrogens with two attached hydrogens (primary N) is 1. The van der Waals surface area contributed by atoms with Gasteiger partial charge in [0.05, 0.1) is 11.9 Å². The van der Waals surface area contributed by atoms with Gasteiger partial charge >= 0.3 is 6.03 Å². The van der Waals surface area contributed by atoms with E-state index in [0.717, 1.165) is 0 Å². The largest absolute Gasteiger partial charge is 0.369 e. The molecule has 6 nitrogen and oxygen atoms in total. The molecule has 1 aliphatic heterocycles. The standard InChI is InChI=1S/C12H16N4O2/c13-11(17)9-3-6-16(7-4-9)12(18)15-10-2-1-5-14-8-10/h1-2,5,8-9H,3-4,6-7H2,(H2,13,17)(H,15,18). The molecule has 3 amide bonds. The second-order valence-corrected chi connectivity index (χ2v) is 4.34. The van der Waals surface area contributed by atoms with Gasteiger partial charge in [-0.05, 0) is 25.0 Å². The molecule has 0 bridgehead atoms. The van der Waals surface area contributed by atoms with Crippen molar-refractivity contribution in [3.8, 4) is 0 Å². The van der Waals surface area contributed by atoms with Gasteiger partial charge in [0.2, 0.25) is 5.91 Å². The number of anilines is 1. The Kier molecular flexibility index (Phi) is 3.76. The SMILES string of the molecule is NC(=O)C1CCN(C(=O)Nc2cccnc2)CC1. The van der Waals surface area contributed by atoms with Crippen LogP contribution >= 0.6 is 0 Å². The summed E-state index contributed by atoms with van der Waals surface area (Å²) in [6.45, 7) is 1.11. The fourth-order valence-corrected chi connectivity index (χ4v) is 2.01. The summed E-state index contributed by atoms with van der Waals surface area (Å²) in [6.07, 6.45) is 4.51. The van der Waals surface area contributed by atoms with Gasteiger partial charge in [0.25, 0.3) is 0 Å². The van der Waals surface area contributed by atoms with Crippen LogP contribution in [0, 0.1) is 5.92 Å². The number of amides is 3. The monoisotopic (exact) mass is 248 g/mol. The molecule has 1 aromatic rings. The molecule has 0 atom stereocenters. The summed E-state index contributed by atoms with van der Waals surface area (Å²) >= 11 is 0. The second-order valence-electron chi connectivity index (χ2n) is 4.34. The maximum atomic E-state index is 11.9. The molecule has 1 fully saturated rings. The van der Waals surface area contributed by atoms with Gasteiger partial charge < -0.3 is 16.0 Å². The van der Waals surface area contributed by atoms with Crippen LogP contribution in [0.25, 0.3) is 0 Å². The van der Waals surface area contributed by atoms with Crippen molar-refractivity contribution in [3.63, 3.8) is 0 Å². The Morgan fingerprint density at radius 3 is 2.67 bits per heavy atom. The Hall–Kier alpha value is -2.11. The normalized spacial score (nSPS) is 16.3. The van der Waals surface area contributed by atoms with Crippen LogP contribution in [0.1, 0.15) is 12.8 Å². The number of carbonyl (C=O) groups is 2. The highest BCUT2D eigenvalue weighted by atomic mass is 16.2. The lowest BCUT2D eigenvalue weighted by Gasteiger charge is -2.30. The molecular weight excluding hydrogens is 232 g/mol. The van der Waals surface area contributed by atoms with Crippen molar-refractivity contribution >= 4 is 17.6 Å². The molecule has 0 aromatic carbocycles. The fourth-order valence-electron chi connectivity index (χ4n) is 2.01.